The summed E-state index contributed by atoms with van der Waals surface area (Å²) in [6, 6.07) is 7.18. The van der Waals surface area contributed by atoms with Crippen molar-refractivity contribution in [1.29, 1.82) is 0 Å². The van der Waals surface area contributed by atoms with Gasteiger partial charge in [-0.2, -0.15) is 0 Å². The summed E-state index contributed by atoms with van der Waals surface area (Å²) < 4.78 is 0.772. The van der Waals surface area contributed by atoms with Crippen LogP contribution in [0.25, 0.3) is 10.1 Å². The maximum atomic E-state index is 12.0. The lowest BCUT2D eigenvalue weighted by atomic mass is 10.1. The topological polar surface area (TPSA) is 37.3 Å². The molecule has 2 aromatic rings. The first kappa shape index (κ1) is 11.2. The molecule has 0 spiro atoms. The van der Waals surface area contributed by atoms with Gasteiger partial charge in [0.25, 0.3) is 0 Å². The van der Waals surface area contributed by atoms with Gasteiger partial charge in [-0.15, -0.1) is 0 Å². The van der Waals surface area contributed by atoms with E-state index in [1.54, 1.807) is 18.2 Å². The van der Waals surface area contributed by atoms with Crippen molar-refractivity contribution < 1.29 is 5.11 Å². The molecule has 2 nitrogen and oxygen atoms in total. The summed E-state index contributed by atoms with van der Waals surface area (Å²) in [5.41, 5.74) is 0.150. The Morgan fingerprint density at radius 1 is 1.44 bits per heavy atom. The van der Waals surface area contributed by atoms with Crippen molar-refractivity contribution in [2.75, 3.05) is 0 Å². The highest BCUT2D eigenvalue weighted by atomic mass is 35.5. The zero-order valence-corrected chi connectivity index (χ0v) is 9.94. The van der Waals surface area contributed by atoms with E-state index in [0.717, 1.165) is 4.70 Å². The van der Waals surface area contributed by atoms with Crippen molar-refractivity contribution in [1.82, 2.24) is 0 Å². The Kier molecular flexibility index (Phi) is 2.99. The van der Waals surface area contributed by atoms with Crippen LogP contribution in [0, 0.1) is 0 Å². The molecule has 2 rings (SSSR count). The zero-order chi connectivity index (χ0) is 11.7. The van der Waals surface area contributed by atoms with Crippen LogP contribution in [0.3, 0.4) is 0 Å². The van der Waals surface area contributed by atoms with Crippen LogP contribution in [0.4, 0.5) is 0 Å². The standard InChI is InChI=1S/C12H9ClO2S/c1-7(13)6-9-11(14)8-4-2-3-5-10(8)16-12(9)15/h2-5,15H,1,6H2. The fourth-order valence-corrected chi connectivity index (χ4v) is 2.56. The summed E-state index contributed by atoms with van der Waals surface area (Å²) in [4.78, 5) is 12.0. The summed E-state index contributed by atoms with van der Waals surface area (Å²) in [6.07, 6.45) is 0.202. The number of fused-ring (bicyclic) bond motifs is 1. The van der Waals surface area contributed by atoms with Crippen LogP contribution < -0.4 is 5.43 Å². The molecule has 82 valence electrons. The second-order valence-corrected chi connectivity index (χ2v) is 4.97. The molecule has 0 aliphatic rings. The number of benzene rings is 1. The molecule has 4 heteroatoms. The van der Waals surface area contributed by atoms with E-state index in [2.05, 4.69) is 6.58 Å². The van der Waals surface area contributed by atoms with Crippen molar-refractivity contribution in [3.8, 4) is 5.06 Å². The summed E-state index contributed by atoms with van der Waals surface area (Å²) in [7, 11) is 0. The summed E-state index contributed by atoms with van der Waals surface area (Å²) in [5, 5.41) is 10.7. The zero-order valence-electron chi connectivity index (χ0n) is 8.37. The SMILES string of the molecule is C=C(Cl)Cc1c(O)sc2ccccc2c1=O. The monoisotopic (exact) mass is 252 g/mol. The molecule has 1 aromatic heterocycles. The predicted molar refractivity (Wildman–Crippen MR) is 68.5 cm³/mol. The number of hydrogen-bond donors (Lipinski definition) is 1. The van der Waals surface area contributed by atoms with Crippen molar-refractivity contribution in [3.05, 3.63) is 51.7 Å². The van der Waals surface area contributed by atoms with Gasteiger partial charge in [-0.1, -0.05) is 41.6 Å². The van der Waals surface area contributed by atoms with Gasteiger partial charge >= 0.3 is 0 Å². The summed E-state index contributed by atoms with van der Waals surface area (Å²) in [5.74, 6) is 0. The molecular formula is C12H9ClO2S. The van der Waals surface area contributed by atoms with Crippen molar-refractivity contribution in [2.24, 2.45) is 0 Å². The third kappa shape index (κ3) is 1.96. The normalized spacial score (nSPS) is 10.6. The van der Waals surface area contributed by atoms with Gasteiger partial charge in [-0.05, 0) is 12.1 Å². The maximum Gasteiger partial charge on any atom is 0.195 e. The molecule has 1 N–H and O–H groups in total. The van der Waals surface area contributed by atoms with Crippen molar-refractivity contribution in [2.45, 2.75) is 6.42 Å². The average molecular weight is 253 g/mol. The molecular weight excluding hydrogens is 244 g/mol. The molecule has 1 aromatic carbocycles. The number of allylic oxidation sites excluding steroid dienone is 1. The third-order valence-electron chi connectivity index (χ3n) is 2.24. The molecule has 0 bridgehead atoms. The van der Waals surface area contributed by atoms with Crippen LogP contribution in [0.15, 0.2) is 40.7 Å². The average Bonchev–Trinajstić information content (AvgIpc) is 2.24. The fraction of sp³-hybridized carbons (Fsp3) is 0.0833. The Bertz CT molecular complexity index is 616. The van der Waals surface area contributed by atoms with Gasteiger partial charge in [0, 0.05) is 21.5 Å². The molecule has 16 heavy (non-hydrogen) atoms. The molecule has 0 saturated carbocycles. The first-order chi connectivity index (χ1) is 7.59. The van der Waals surface area contributed by atoms with E-state index in [-0.39, 0.29) is 16.9 Å². The van der Waals surface area contributed by atoms with Gasteiger partial charge < -0.3 is 5.11 Å². The number of hydrogen-bond acceptors (Lipinski definition) is 3. The molecule has 0 unspecified atom stereocenters. The molecule has 0 fully saturated rings. The van der Waals surface area contributed by atoms with Crippen LogP contribution >= 0.6 is 22.9 Å². The summed E-state index contributed by atoms with van der Waals surface area (Å²) >= 11 is 6.85. The van der Waals surface area contributed by atoms with Gasteiger partial charge in [0.2, 0.25) is 0 Å². The van der Waals surface area contributed by atoms with Crippen LogP contribution in [-0.2, 0) is 6.42 Å². The van der Waals surface area contributed by atoms with Crippen molar-refractivity contribution in [3.63, 3.8) is 0 Å². The lowest BCUT2D eigenvalue weighted by Gasteiger charge is -2.03. The van der Waals surface area contributed by atoms with Crippen LogP contribution in [0.1, 0.15) is 5.56 Å². The minimum Gasteiger partial charge on any atom is -0.499 e. The Labute approximate surface area is 101 Å². The molecule has 0 aliphatic carbocycles. The molecule has 0 atom stereocenters. The lowest BCUT2D eigenvalue weighted by molar-refractivity contribution is 0.484. The second kappa shape index (κ2) is 4.28. The maximum absolute atomic E-state index is 12.0. The number of halogens is 1. The highest BCUT2D eigenvalue weighted by molar-refractivity contribution is 7.20. The van der Waals surface area contributed by atoms with Crippen LogP contribution in [0.2, 0.25) is 0 Å². The molecule has 0 radical (unpaired) electrons. The Morgan fingerprint density at radius 2 is 2.12 bits per heavy atom. The number of aromatic hydroxyl groups is 1. The first-order valence-corrected chi connectivity index (χ1v) is 5.86. The summed E-state index contributed by atoms with van der Waals surface area (Å²) in [6.45, 7) is 3.53. The third-order valence-corrected chi connectivity index (χ3v) is 3.39. The fourth-order valence-electron chi connectivity index (χ4n) is 1.52. The Hall–Kier alpha value is -1.32. The van der Waals surface area contributed by atoms with Gasteiger partial charge in [0.1, 0.15) is 0 Å². The smallest absolute Gasteiger partial charge is 0.195 e. The van der Waals surface area contributed by atoms with E-state index in [1.165, 1.54) is 11.3 Å². The van der Waals surface area contributed by atoms with E-state index in [1.807, 2.05) is 6.07 Å². The molecule has 0 saturated heterocycles. The van der Waals surface area contributed by atoms with Gasteiger partial charge in [-0.25, -0.2) is 0 Å². The van der Waals surface area contributed by atoms with Crippen LogP contribution in [0.5, 0.6) is 5.06 Å². The Morgan fingerprint density at radius 3 is 2.81 bits per heavy atom. The van der Waals surface area contributed by atoms with Gasteiger partial charge in [0.05, 0.1) is 5.56 Å². The van der Waals surface area contributed by atoms with E-state index < -0.39 is 0 Å². The van der Waals surface area contributed by atoms with Crippen LogP contribution in [-0.4, -0.2) is 5.11 Å². The first-order valence-electron chi connectivity index (χ1n) is 4.66. The Balaban J connectivity index is 2.76. The lowest BCUT2D eigenvalue weighted by Crippen LogP contribution is -2.08. The predicted octanol–water partition coefficient (Wildman–Crippen LogP) is 3.26. The van der Waals surface area contributed by atoms with E-state index >= 15 is 0 Å². The van der Waals surface area contributed by atoms with E-state index in [0.29, 0.717) is 16.0 Å². The minimum atomic E-state index is -0.173. The highest BCUT2D eigenvalue weighted by Crippen LogP contribution is 2.28. The largest absolute Gasteiger partial charge is 0.499 e. The second-order valence-electron chi connectivity index (χ2n) is 3.41. The highest BCUT2D eigenvalue weighted by Gasteiger charge is 2.11. The molecule has 1 heterocycles. The molecule has 0 amide bonds. The van der Waals surface area contributed by atoms with Gasteiger partial charge in [0.15, 0.2) is 10.5 Å². The minimum absolute atomic E-state index is 0.0190. The number of rotatable bonds is 2. The molecule has 0 aliphatic heterocycles. The quantitative estimate of drug-likeness (QED) is 0.891. The van der Waals surface area contributed by atoms with Crippen molar-refractivity contribution >= 4 is 33.0 Å². The van der Waals surface area contributed by atoms with Gasteiger partial charge in [-0.3, -0.25) is 4.79 Å². The van der Waals surface area contributed by atoms with E-state index in [4.69, 9.17) is 11.6 Å². The van der Waals surface area contributed by atoms with E-state index in [9.17, 15) is 9.90 Å².